The lowest BCUT2D eigenvalue weighted by atomic mass is 10.2. The summed E-state index contributed by atoms with van der Waals surface area (Å²) in [5.74, 6) is -0.325. The Kier molecular flexibility index (Phi) is 4.08. The molecule has 1 N–H and O–H groups in total. The molecule has 0 spiro atoms. The number of rotatable bonds is 3. The van der Waals surface area contributed by atoms with Gasteiger partial charge in [0.15, 0.2) is 0 Å². The number of aromatic nitrogens is 4. The van der Waals surface area contributed by atoms with Crippen LogP contribution in [0.4, 0.5) is 5.69 Å². The van der Waals surface area contributed by atoms with E-state index in [1.165, 1.54) is 4.68 Å². The zero-order chi connectivity index (χ0) is 18.3. The van der Waals surface area contributed by atoms with Crippen LogP contribution < -0.4 is 10.9 Å². The van der Waals surface area contributed by atoms with E-state index in [9.17, 15) is 9.59 Å². The van der Waals surface area contributed by atoms with Gasteiger partial charge in [-0.25, -0.2) is 4.68 Å². The predicted molar refractivity (Wildman–Crippen MR) is 96.4 cm³/mol. The van der Waals surface area contributed by atoms with Crippen LogP contribution in [-0.2, 0) is 14.1 Å². The minimum atomic E-state index is -0.325. The van der Waals surface area contributed by atoms with Gasteiger partial charge in [-0.1, -0.05) is 18.2 Å². The Labute approximate surface area is 145 Å². The van der Waals surface area contributed by atoms with Gasteiger partial charge in [-0.15, -0.1) is 0 Å². The summed E-state index contributed by atoms with van der Waals surface area (Å²) in [5.41, 5.74) is 3.32. The number of carbonyl (C=O) groups is 1. The van der Waals surface area contributed by atoms with Gasteiger partial charge in [-0.3, -0.25) is 19.0 Å². The van der Waals surface area contributed by atoms with E-state index in [1.807, 2.05) is 37.3 Å². The van der Waals surface area contributed by atoms with Crippen molar-refractivity contribution in [2.75, 3.05) is 5.32 Å². The molecule has 7 nitrogen and oxygen atoms in total. The van der Waals surface area contributed by atoms with Gasteiger partial charge in [-0.2, -0.15) is 5.10 Å². The highest BCUT2D eigenvalue weighted by atomic mass is 16.2. The van der Waals surface area contributed by atoms with E-state index < -0.39 is 0 Å². The summed E-state index contributed by atoms with van der Waals surface area (Å²) in [6.45, 7) is 5.41. The quantitative estimate of drug-likeness (QED) is 0.794. The highest BCUT2D eigenvalue weighted by molar-refractivity contribution is 6.06. The maximum absolute atomic E-state index is 12.9. The smallest absolute Gasteiger partial charge is 0.295 e. The molecule has 1 amide bonds. The fourth-order valence-corrected chi connectivity index (χ4v) is 2.99. The molecular formula is C18H21N5O2. The highest BCUT2D eigenvalue weighted by Crippen LogP contribution is 2.17. The molecule has 0 aliphatic heterocycles. The number of aryl methyl sites for hydroxylation is 2. The predicted octanol–water partition coefficient (Wildman–Crippen LogP) is 2.09. The summed E-state index contributed by atoms with van der Waals surface area (Å²) < 4.78 is 4.93. The van der Waals surface area contributed by atoms with Crippen LogP contribution in [0.3, 0.4) is 0 Å². The number of nitrogens with zero attached hydrogens (tertiary/aromatic N) is 4. The van der Waals surface area contributed by atoms with Crippen LogP contribution >= 0.6 is 0 Å². The van der Waals surface area contributed by atoms with Crippen molar-refractivity contribution >= 4 is 11.6 Å². The van der Waals surface area contributed by atoms with E-state index in [-0.39, 0.29) is 17.2 Å². The zero-order valence-corrected chi connectivity index (χ0v) is 15.0. The molecule has 3 rings (SSSR count). The third-order valence-electron chi connectivity index (χ3n) is 4.53. The largest absolute Gasteiger partial charge is 0.316 e. The van der Waals surface area contributed by atoms with Gasteiger partial charge in [0.05, 0.1) is 22.6 Å². The Balaban J connectivity index is 2.05. The molecule has 0 bridgehead atoms. The van der Waals surface area contributed by atoms with Crippen LogP contribution in [0.1, 0.15) is 27.4 Å². The van der Waals surface area contributed by atoms with E-state index in [1.54, 1.807) is 37.3 Å². The molecule has 0 atom stereocenters. The van der Waals surface area contributed by atoms with Crippen LogP contribution in [0, 0.1) is 20.8 Å². The van der Waals surface area contributed by atoms with E-state index >= 15 is 0 Å². The topological polar surface area (TPSA) is 73.8 Å². The second kappa shape index (κ2) is 6.08. The van der Waals surface area contributed by atoms with E-state index in [2.05, 4.69) is 10.4 Å². The zero-order valence-electron chi connectivity index (χ0n) is 15.0. The third-order valence-corrected chi connectivity index (χ3v) is 4.53. The number of carbonyl (C=O) groups excluding carboxylic acids is 1. The SMILES string of the molecule is Cc1nn(C)c(C)c1C(=O)Nc1c(C)n(C)n(-c2ccccc2)c1=O. The van der Waals surface area contributed by atoms with Crippen molar-refractivity contribution in [1.29, 1.82) is 0 Å². The molecule has 2 heterocycles. The van der Waals surface area contributed by atoms with Crippen LogP contribution in [0.15, 0.2) is 35.1 Å². The number of anilines is 1. The van der Waals surface area contributed by atoms with Crippen molar-refractivity contribution in [3.63, 3.8) is 0 Å². The first-order valence-corrected chi connectivity index (χ1v) is 7.98. The second-order valence-electron chi connectivity index (χ2n) is 6.06. The van der Waals surface area contributed by atoms with Gasteiger partial charge in [0, 0.05) is 19.8 Å². The number of hydrogen-bond acceptors (Lipinski definition) is 3. The van der Waals surface area contributed by atoms with Crippen LogP contribution in [0.5, 0.6) is 0 Å². The Morgan fingerprint density at radius 3 is 2.24 bits per heavy atom. The average Bonchev–Trinajstić information content (AvgIpc) is 2.95. The number of hydrogen-bond donors (Lipinski definition) is 1. The molecule has 0 saturated heterocycles. The first-order valence-electron chi connectivity index (χ1n) is 7.98. The standard InChI is InChI=1S/C18H21N5O2/c1-11-15(12(2)21(4)20-11)17(24)19-16-13(3)22(5)23(18(16)25)14-9-7-6-8-10-14/h6-10H,1-5H3,(H,19,24). The molecule has 25 heavy (non-hydrogen) atoms. The van der Waals surface area contributed by atoms with Crippen molar-refractivity contribution in [2.45, 2.75) is 20.8 Å². The molecule has 0 aliphatic rings. The first-order chi connectivity index (χ1) is 11.8. The van der Waals surface area contributed by atoms with Crippen molar-refractivity contribution in [1.82, 2.24) is 19.1 Å². The van der Waals surface area contributed by atoms with Gasteiger partial charge in [-0.05, 0) is 32.9 Å². The molecule has 1 aromatic carbocycles. The summed E-state index contributed by atoms with van der Waals surface area (Å²) in [7, 11) is 3.58. The van der Waals surface area contributed by atoms with E-state index in [0.717, 1.165) is 11.4 Å². The number of benzene rings is 1. The van der Waals surface area contributed by atoms with Gasteiger partial charge >= 0.3 is 0 Å². The Hall–Kier alpha value is -3.09. The molecule has 130 valence electrons. The molecule has 0 radical (unpaired) electrons. The van der Waals surface area contributed by atoms with Gasteiger partial charge in [0.1, 0.15) is 5.69 Å². The van der Waals surface area contributed by atoms with E-state index in [4.69, 9.17) is 0 Å². The maximum Gasteiger partial charge on any atom is 0.295 e. The summed E-state index contributed by atoms with van der Waals surface area (Å²) in [6, 6.07) is 9.32. The fourth-order valence-electron chi connectivity index (χ4n) is 2.99. The van der Waals surface area contributed by atoms with E-state index in [0.29, 0.717) is 17.0 Å². The Morgan fingerprint density at radius 1 is 1.04 bits per heavy atom. The molecular weight excluding hydrogens is 318 g/mol. The molecule has 0 unspecified atom stereocenters. The Bertz CT molecular complexity index is 1010. The van der Waals surface area contributed by atoms with Gasteiger partial charge in [0.25, 0.3) is 11.5 Å². The molecule has 0 fully saturated rings. The maximum atomic E-state index is 12.9. The summed E-state index contributed by atoms with van der Waals surface area (Å²) >= 11 is 0. The minimum absolute atomic E-state index is 0.265. The minimum Gasteiger partial charge on any atom is -0.316 e. The summed E-state index contributed by atoms with van der Waals surface area (Å²) in [4.78, 5) is 25.6. The van der Waals surface area contributed by atoms with Gasteiger partial charge < -0.3 is 5.32 Å². The normalized spacial score (nSPS) is 10.9. The second-order valence-corrected chi connectivity index (χ2v) is 6.06. The Morgan fingerprint density at radius 2 is 1.68 bits per heavy atom. The summed E-state index contributed by atoms with van der Waals surface area (Å²) in [6.07, 6.45) is 0. The molecule has 0 saturated carbocycles. The van der Waals surface area contributed by atoms with Gasteiger partial charge in [0.2, 0.25) is 0 Å². The number of nitrogens with one attached hydrogen (secondary N) is 1. The lowest BCUT2D eigenvalue weighted by Crippen LogP contribution is -2.23. The highest BCUT2D eigenvalue weighted by Gasteiger charge is 2.22. The average molecular weight is 339 g/mol. The first kappa shape index (κ1) is 16.8. The van der Waals surface area contributed by atoms with Crippen molar-refractivity contribution in [2.24, 2.45) is 14.1 Å². The fraction of sp³-hybridized carbons (Fsp3) is 0.278. The third kappa shape index (κ3) is 2.67. The van der Waals surface area contributed by atoms with Crippen LogP contribution in [-0.4, -0.2) is 25.1 Å². The van der Waals surface area contributed by atoms with Crippen molar-refractivity contribution < 1.29 is 4.79 Å². The van der Waals surface area contributed by atoms with Crippen LogP contribution in [0.25, 0.3) is 5.69 Å². The summed E-state index contributed by atoms with van der Waals surface area (Å²) in [5, 5.41) is 7.03. The van der Waals surface area contributed by atoms with Crippen molar-refractivity contribution in [3.05, 3.63) is 63.3 Å². The lowest BCUT2D eigenvalue weighted by Gasteiger charge is -2.07. The molecule has 7 heteroatoms. The molecule has 3 aromatic rings. The number of para-hydroxylation sites is 1. The molecule has 2 aromatic heterocycles. The van der Waals surface area contributed by atoms with Crippen molar-refractivity contribution in [3.8, 4) is 5.69 Å². The lowest BCUT2D eigenvalue weighted by molar-refractivity contribution is 0.102. The monoisotopic (exact) mass is 339 g/mol. The van der Waals surface area contributed by atoms with Crippen LogP contribution in [0.2, 0.25) is 0 Å². The number of amides is 1. The molecule has 0 aliphatic carbocycles.